The number of hydrogen-bond donors (Lipinski definition) is 1. The van der Waals surface area contributed by atoms with Crippen molar-refractivity contribution in [3.8, 4) is 6.07 Å². The molecule has 0 unspecified atom stereocenters. The number of anilines is 2. The fourth-order valence-corrected chi connectivity index (χ4v) is 3.97. The van der Waals surface area contributed by atoms with Gasteiger partial charge in [0.25, 0.3) is 0 Å². The van der Waals surface area contributed by atoms with Crippen LogP contribution in [0.1, 0.15) is 61.3 Å². The summed E-state index contributed by atoms with van der Waals surface area (Å²) in [6.45, 7) is 7.23. The van der Waals surface area contributed by atoms with Gasteiger partial charge in [0.15, 0.2) is 0 Å². The molecule has 1 N–H and O–H groups in total. The number of rotatable bonds is 8. The Morgan fingerprint density at radius 3 is 2.81 bits per heavy atom. The molecule has 0 aliphatic carbocycles. The lowest BCUT2D eigenvalue weighted by molar-refractivity contribution is 0.243. The van der Waals surface area contributed by atoms with Crippen LogP contribution in [0.4, 0.5) is 11.5 Å². The summed E-state index contributed by atoms with van der Waals surface area (Å²) >= 11 is 0. The molecule has 0 spiro atoms. The lowest BCUT2D eigenvalue weighted by Gasteiger charge is -2.23. The molecule has 0 bridgehead atoms. The molecular formula is C23H28N8. The second kappa shape index (κ2) is 9.67. The molecule has 8 nitrogen and oxygen atoms in total. The minimum absolute atomic E-state index is 0.275. The summed E-state index contributed by atoms with van der Waals surface area (Å²) in [7, 11) is 0. The van der Waals surface area contributed by atoms with E-state index in [2.05, 4.69) is 50.0 Å². The van der Waals surface area contributed by atoms with Gasteiger partial charge in [0, 0.05) is 24.8 Å². The van der Waals surface area contributed by atoms with Crippen molar-refractivity contribution in [1.82, 2.24) is 29.6 Å². The van der Waals surface area contributed by atoms with Crippen LogP contribution in [0.3, 0.4) is 0 Å². The molecule has 160 valence electrons. The molecule has 8 heteroatoms. The SMILES string of the molecule is CCCCn1cc(CN2CCC[C@@H]2c2cnc(Nc3ccc(C#N)nc3)cn2)c(C)n1. The van der Waals surface area contributed by atoms with Crippen molar-refractivity contribution in [2.24, 2.45) is 0 Å². The molecule has 1 aliphatic heterocycles. The van der Waals surface area contributed by atoms with Crippen LogP contribution >= 0.6 is 0 Å². The van der Waals surface area contributed by atoms with Gasteiger partial charge in [-0.15, -0.1) is 0 Å². The van der Waals surface area contributed by atoms with Crippen molar-refractivity contribution < 1.29 is 0 Å². The summed E-state index contributed by atoms with van der Waals surface area (Å²) < 4.78 is 2.08. The molecule has 4 heterocycles. The highest BCUT2D eigenvalue weighted by molar-refractivity contribution is 5.54. The van der Waals surface area contributed by atoms with Gasteiger partial charge in [0.1, 0.15) is 17.6 Å². The third kappa shape index (κ3) is 5.06. The van der Waals surface area contributed by atoms with Gasteiger partial charge in [0.2, 0.25) is 0 Å². The molecule has 1 fully saturated rings. The Morgan fingerprint density at radius 1 is 1.19 bits per heavy atom. The van der Waals surface area contributed by atoms with Crippen molar-refractivity contribution in [2.75, 3.05) is 11.9 Å². The molecule has 3 aromatic rings. The monoisotopic (exact) mass is 416 g/mol. The number of nitrogens with one attached hydrogen (secondary N) is 1. The highest BCUT2D eigenvalue weighted by Crippen LogP contribution is 2.32. The number of unbranched alkanes of at least 4 members (excludes halogenated alkanes) is 1. The van der Waals surface area contributed by atoms with E-state index in [-0.39, 0.29) is 6.04 Å². The van der Waals surface area contributed by atoms with Crippen LogP contribution in [0, 0.1) is 18.3 Å². The average Bonchev–Trinajstić information content (AvgIpc) is 3.40. The molecule has 1 aliphatic rings. The third-order valence-electron chi connectivity index (χ3n) is 5.69. The Hall–Kier alpha value is -3.31. The molecule has 1 saturated heterocycles. The zero-order valence-electron chi connectivity index (χ0n) is 18.1. The second-order valence-electron chi connectivity index (χ2n) is 7.98. The predicted octanol–water partition coefficient (Wildman–Crippen LogP) is 4.13. The Balaban J connectivity index is 1.41. The molecule has 1 atom stereocenters. The van der Waals surface area contributed by atoms with E-state index in [0.29, 0.717) is 11.5 Å². The normalized spacial score (nSPS) is 16.4. The lowest BCUT2D eigenvalue weighted by Crippen LogP contribution is -2.23. The first-order valence-corrected chi connectivity index (χ1v) is 10.9. The first-order valence-electron chi connectivity index (χ1n) is 10.9. The Morgan fingerprint density at radius 2 is 2.10 bits per heavy atom. The minimum Gasteiger partial charge on any atom is -0.338 e. The van der Waals surface area contributed by atoms with Gasteiger partial charge < -0.3 is 5.32 Å². The van der Waals surface area contributed by atoms with E-state index < -0.39 is 0 Å². The van der Waals surface area contributed by atoms with Crippen LogP contribution in [-0.2, 0) is 13.1 Å². The van der Waals surface area contributed by atoms with Crippen molar-refractivity contribution >= 4 is 11.5 Å². The highest BCUT2D eigenvalue weighted by Gasteiger charge is 2.28. The standard InChI is InChI=1S/C23H28N8/c1-3-4-10-31-16-18(17(2)29-31)15-30-9-5-6-22(30)21-13-27-23(14-26-21)28-20-8-7-19(11-24)25-12-20/h7-8,12-14,16,22H,3-6,9-10,15H2,1-2H3,(H,27,28)/t22-/m1/s1. The average molecular weight is 417 g/mol. The number of nitrogens with zero attached hydrogens (tertiary/aromatic N) is 7. The molecule has 3 aromatic heterocycles. The minimum atomic E-state index is 0.275. The summed E-state index contributed by atoms with van der Waals surface area (Å²) in [5, 5.41) is 16.7. The first-order chi connectivity index (χ1) is 15.2. The van der Waals surface area contributed by atoms with Crippen LogP contribution in [0.15, 0.2) is 36.9 Å². The number of nitriles is 1. The van der Waals surface area contributed by atoms with Gasteiger partial charge in [-0.1, -0.05) is 13.3 Å². The maximum absolute atomic E-state index is 8.85. The van der Waals surface area contributed by atoms with E-state index >= 15 is 0 Å². The Labute approximate surface area is 183 Å². The summed E-state index contributed by atoms with van der Waals surface area (Å²) in [6.07, 6.45) is 12.0. The fraction of sp³-hybridized carbons (Fsp3) is 0.435. The van der Waals surface area contributed by atoms with Crippen molar-refractivity contribution in [1.29, 1.82) is 5.26 Å². The van der Waals surface area contributed by atoms with E-state index in [1.165, 1.54) is 12.0 Å². The van der Waals surface area contributed by atoms with Gasteiger partial charge in [-0.25, -0.2) is 9.97 Å². The summed E-state index contributed by atoms with van der Waals surface area (Å²) in [5.41, 5.74) is 4.57. The zero-order valence-corrected chi connectivity index (χ0v) is 18.1. The number of aryl methyl sites for hydroxylation is 2. The van der Waals surface area contributed by atoms with Gasteiger partial charge in [-0.2, -0.15) is 10.4 Å². The van der Waals surface area contributed by atoms with Crippen molar-refractivity contribution in [3.63, 3.8) is 0 Å². The van der Waals surface area contributed by atoms with Gasteiger partial charge in [0.05, 0.1) is 41.7 Å². The highest BCUT2D eigenvalue weighted by atomic mass is 15.3. The fourth-order valence-electron chi connectivity index (χ4n) is 3.97. The maximum atomic E-state index is 8.85. The molecule has 31 heavy (non-hydrogen) atoms. The van der Waals surface area contributed by atoms with E-state index in [9.17, 15) is 0 Å². The van der Waals surface area contributed by atoms with E-state index in [0.717, 1.165) is 56.0 Å². The quantitative estimate of drug-likeness (QED) is 0.590. The molecule has 0 aromatic carbocycles. The summed E-state index contributed by atoms with van der Waals surface area (Å²) in [6, 6.07) is 5.77. The molecule has 0 amide bonds. The second-order valence-corrected chi connectivity index (χ2v) is 7.98. The lowest BCUT2D eigenvalue weighted by atomic mass is 10.1. The van der Waals surface area contributed by atoms with E-state index in [4.69, 9.17) is 10.2 Å². The molecule has 0 radical (unpaired) electrons. The summed E-state index contributed by atoms with van der Waals surface area (Å²) in [5.74, 6) is 0.660. The van der Waals surface area contributed by atoms with Crippen LogP contribution in [0.2, 0.25) is 0 Å². The van der Waals surface area contributed by atoms with Crippen molar-refractivity contribution in [2.45, 2.75) is 58.7 Å². The van der Waals surface area contributed by atoms with Gasteiger partial charge in [-0.3, -0.25) is 14.6 Å². The summed E-state index contributed by atoms with van der Waals surface area (Å²) in [4.78, 5) is 15.8. The Bertz CT molecular complexity index is 1030. The smallest absolute Gasteiger partial charge is 0.148 e. The number of aromatic nitrogens is 5. The molecular weight excluding hydrogens is 388 g/mol. The molecule has 4 rings (SSSR count). The number of pyridine rings is 1. The largest absolute Gasteiger partial charge is 0.338 e. The van der Waals surface area contributed by atoms with Crippen LogP contribution in [0.25, 0.3) is 0 Å². The zero-order chi connectivity index (χ0) is 21.6. The Kier molecular flexibility index (Phi) is 6.53. The number of likely N-dealkylation sites (tertiary alicyclic amines) is 1. The van der Waals surface area contributed by atoms with Crippen LogP contribution < -0.4 is 5.32 Å². The topological polar surface area (TPSA) is 95.6 Å². The van der Waals surface area contributed by atoms with E-state index in [1.54, 1.807) is 18.5 Å². The van der Waals surface area contributed by atoms with Crippen LogP contribution in [-0.4, -0.2) is 36.2 Å². The number of hydrogen-bond acceptors (Lipinski definition) is 7. The maximum Gasteiger partial charge on any atom is 0.148 e. The van der Waals surface area contributed by atoms with Crippen LogP contribution in [0.5, 0.6) is 0 Å². The van der Waals surface area contributed by atoms with Crippen molar-refractivity contribution in [3.05, 3.63) is 59.6 Å². The third-order valence-corrected chi connectivity index (χ3v) is 5.69. The molecule has 0 saturated carbocycles. The predicted molar refractivity (Wildman–Crippen MR) is 119 cm³/mol. The van der Waals surface area contributed by atoms with Gasteiger partial charge >= 0.3 is 0 Å². The first kappa shape index (κ1) is 20.9. The van der Waals surface area contributed by atoms with Gasteiger partial charge in [-0.05, 0) is 44.9 Å². The van der Waals surface area contributed by atoms with E-state index in [1.807, 2.05) is 18.3 Å².